The molecule has 98 valence electrons. The summed E-state index contributed by atoms with van der Waals surface area (Å²) in [5, 5.41) is 0. The normalized spacial score (nSPS) is 24.5. The van der Waals surface area contributed by atoms with Gasteiger partial charge in [0, 0.05) is 37.0 Å². The first kappa shape index (κ1) is 12.0. The molecule has 3 rings (SSSR count). The smallest absolute Gasteiger partial charge is 0.164 e. The van der Waals surface area contributed by atoms with Crippen LogP contribution < -0.4 is 0 Å². The highest BCUT2D eigenvalue weighted by atomic mass is 16.1. The third-order valence-corrected chi connectivity index (χ3v) is 4.47. The van der Waals surface area contributed by atoms with Crippen LogP contribution in [0.2, 0.25) is 0 Å². The van der Waals surface area contributed by atoms with Gasteiger partial charge in [0.2, 0.25) is 0 Å². The summed E-state index contributed by atoms with van der Waals surface area (Å²) in [6.07, 6.45) is 6.28. The molecule has 2 aliphatic rings. The third-order valence-electron chi connectivity index (χ3n) is 4.47. The van der Waals surface area contributed by atoms with E-state index in [0.717, 1.165) is 37.3 Å². The van der Waals surface area contributed by atoms with Crippen molar-refractivity contribution in [3.8, 4) is 0 Å². The van der Waals surface area contributed by atoms with Crippen LogP contribution in [-0.4, -0.2) is 34.9 Å². The van der Waals surface area contributed by atoms with E-state index in [0.29, 0.717) is 5.78 Å². The second kappa shape index (κ2) is 4.88. The van der Waals surface area contributed by atoms with Crippen molar-refractivity contribution in [3.05, 3.63) is 23.5 Å². The Morgan fingerprint density at radius 3 is 3.06 bits per heavy atom. The summed E-state index contributed by atoms with van der Waals surface area (Å²) in [5.41, 5.74) is 2.28. The number of carbonyl (C=O) groups is 1. The minimum atomic E-state index is 0.344. The first-order valence-electron chi connectivity index (χ1n) is 7.21. The van der Waals surface area contributed by atoms with Crippen molar-refractivity contribution in [1.29, 1.82) is 0 Å². The summed E-state index contributed by atoms with van der Waals surface area (Å²) in [6.45, 7) is 6.96. The van der Waals surface area contributed by atoms with Crippen molar-refractivity contribution in [3.63, 3.8) is 0 Å². The summed E-state index contributed by atoms with van der Waals surface area (Å²) in [4.78, 5) is 14.3. The maximum atomic E-state index is 11.8. The highest BCUT2D eigenvalue weighted by Gasteiger charge is 2.25. The van der Waals surface area contributed by atoms with Gasteiger partial charge in [0.25, 0.3) is 0 Å². The van der Waals surface area contributed by atoms with Crippen LogP contribution in [0.5, 0.6) is 0 Å². The fourth-order valence-electron chi connectivity index (χ4n) is 3.39. The fourth-order valence-corrected chi connectivity index (χ4v) is 3.39. The SMILES string of the molecule is CCN1CCC(Cn2ccc3c2CCCC3=O)C1. The van der Waals surface area contributed by atoms with Gasteiger partial charge in [-0.2, -0.15) is 0 Å². The fraction of sp³-hybridized carbons (Fsp3) is 0.667. The molecular formula is C15H22N2O. The molecule has 1 aromatic heterocycles. The molecule has 1 saturated heterocycles. The molecule has 1 aliphatic heterocycles. The zero-order chi connectivity index (χ0) is 12.5. The van der Waals surface area contributed by atoms with Crippen LogP contribution in [-0.2, 0) is 13.0 Å². The number of hydrogen-bond donors (Lipinski definition) is 0. The molecule has 1 fully saturated rings. The van der Waals surface area contributed by atoms with E-state index in [1.807, 2.05) is 6.07 Å². The van der Waals surface area contributed by atoms with E-state index >= 15 is 0 Å². The maximum Gasteiger partial charge on any atom is 0.164 e. The van der Waals surface area contributed by atoms with Crippen LogP contribution in [0.15, 0.2) is 12.3 Å². The molecule has 0 saturated carbocycles. The molecule has 1 aliphatic carbocycles. The van der Waals surface area contributed by atoms with Gasteiger partial charge in [-0.3, -0.25) is 4.79 Å². The first-order valence-corrected chi connectivity index (χ1v) is 7.21. The monoisotopic (exact) mass is 246 g/mol. The topological polar surface area (TPSA) is 25.2 Å². The van der Waals surface area contributed by atoms with E-state index in [1.165, 1.54) is 31.7 Å². The lowest BCUT2D eigenvalue weighted by Crippen LogP contribution is -2.22. The standard InChI is InChI=1S/C15H22N2O/c1-2-16-8-6-12(10-16)11-17-9-7-13-14(17)4-3-5-15(13)18/h7,9,12H,2-6,8,10-11H2,1H3. The highest BCUT2D eigenvalue weighted by molar-refractivity contribution is 5.98. The molecule has 0 N–H and O–H groups in total. The predicted octanol–water partition coefficient (Wildman–Crippen LogP) is 2.35. The van der Waals surface area contributed by atoms with Crippen molar-refractivity contribution >= 4 is 5.78 Å². The minimum Gasteiger partial charge on any atom is -0.350 e. The largest absolute Gasteiger partial charge is 0.350 e. The van der Waals surface area contributed by atoms with Crippen molar-refractivity contribution in [1.82, 2.24) is 9.47 Å². The van der Waals surface area contributed by atoms with E-state index in [-0.39, 0.29) is 0 Å². The number of rotatable bonds is 3. The maximum absolute atomic E-state index is 11.8. The van der Waals surface area contributed by atoms with Gasteiger partial charge in [-0.1, -0.05) is 6.92 Å². The predicted molar refractivity (Wildman–Crippen MR) is 71.9 cm³/mol. The molecule has 1 atom stereocenters. The molecule has 18 heavy (non-hydrogen) atoms. The highest BCUT2D eigenvalue weighted by Crippen LogP contribution is 2.25. The minimum absolute atomic E-state index is 0.344. The zero-order valence-electron chi connectivity index (χ0n) is 11.2. The van der Waals surface area contributed by atoms with E-state index < -0.39 is 0 Å². The average Bonchev–Trinajstić information content (AvgIpc) is 2.98. The quantitative estimate of drug-likeness (QED) is 0.818. The molecule has 3 heteroatoms. The number of hydrogen-bond acceptors (Lipinski definition) is 2. The summed E-state index contributed by atoms with van der Waals surface area (Å²) in [6, 6.07) is 2.03. The molecule has 0 amide bonds. The second-order valence-electron chi connectivity index (χ2n) is 5.65. The van der Waals surface area contributed by atoms with Crippen molar-refractivity contribution in [2.75, 3.05) is 19.6 Å². The summed E-state index contributed by atoms with van der Waals surface area (Å²) in [5.74, 6) is 1.11. The summed E-state index contributed by atoms with van der Waals surface area (Å²) in [7, 11) is 0. The number of aromatic nitrogens is 1. The summed E-state index contributed by atoms with van der Waals surface area (Å²) >= 11 is 0. The van der Waals surface area contributed by atoms with Gasteiger partial charge in [-0.05, 0) is 44.3 Å². The van der Waals surface area contributed by atoms with E-state index in [1.54, 1.807) is 0 Å². The molecule has 0 aromatic carbocycles. The van der Waals surface area contributed by atoms with Crippen LogP contribution in [0, 0.1) is 5.92 Å². The number of fused-ring (bicyclic) bond motifs is 1. The molecule has 0 radical (unpaired) electrons. The van der Waals surface area contributed by atoms with Gasteiger partial charge in [-0.15, -0.1) is 0 Å². The van der Waals surface area contributed by atoms with Crippen molar-refractivity contribution in [2.24, 2.45) is 5.92 Å². The Morgan fingerprint density at radius 2 is 2.28 bits per heavy atom. The van der Waals surface area contributed by atoms with Crippen LogP contribution in [0.25, 0.3) is 0 Å². The number of carbonyl (C=O) groups excluding carboxylic acids is 1. The lowest BCUT2D eigenvalue weighted by molar-refractivity contribution is 0.0971. The molecule has 1 unspecified atom stereocenters. The number of likely N-dealkylation sites (tertiary alicyclic amines) is 1. The van der Waals surface area contributed by atoms with Gasteiger partial charge in [0.15, 0.2) is 5.78 Å². The van der Waals surface area contributed by atoms with Crippen molar-refractivity contribution in [2.45, 2.75) is 39.2 Å². The second-order valence-corrected chi connectivity index (χ2v) is 5.65. The Hall–Kier alpha value is -1.09. The van der Waals surface area contributed by atoms with Gasteiger partial charge in [0.1, 0.15) is 0 Å². The molecule has 0 bridgehead atoms. The molecule has 2 heterocycles. The van der Waals surface area contributed by atoms with Crippen LogP contribution >= 0.6 is 0 Å². The number of Topliss-reactive ketones (excluding diaryl/α,β-unsaturated/α-hetero) is 1. The van der Waals surface area contributed by atoms with Crippen molar-refractivity contribution < 1.29 is 4.79 Å². The molecule has 1 aromatic rings. The van der Waals surface area contributed by atoms with E-state index in [4.69, 9.17) is 0 Å². The molecular weight excluding hydrogens is 224 g/mol. The Labute approximate surface area is 109 Å². The van der Waals surface area contributed by atoms with E-state index in [2.05, 4.69) is 22.6 Å². The Morgan fingerprint density at radius 1 is 1.39 bits per heavy atom. The summed E-state index contributed by atoms with van der Waals surface area (Å²) < 4.78 is 2.34. The number of ketones is 1. The lowest BCUT2D eigenvalue weighted by Gasteiger charge is -2.18. The van der Waals surface area contributed by atoms with Gasteiger partial charge < -0.3 is 9.47 Å². The Kier molecular flexibility index (Phi) is 3.25. The number of nitrogens with zero attached hydrogens (tertiary/aromatic N) is 2. The Bertz CT molecular complexity index is 449. The molecule has 3 nitrogen and oxygen atoms in total. The first-order chi connectivity index (χ1) is 8.78. The van der Waals surface area contributed by atoms with E-state index in [9.17, 15) is 4.79 Å². The Balaban J connectivity index is 1.72. The van der Waals surface area contributed by atoms with Gasteiger partial charge in [0.05, 0.1) is 0 Å². The molecule has 0 spiro atoms. The van der Waals surface area contributed by atoms with Crippen LogP contribution in [0.4, 0.5) is 0 Å². The van der Waals surface area contributed by atoms with Gasteiger partial charge in [-0.25, -0.2) is 0 Å². The van der Waals surface area contributed by atoms with Crippen LogP contribution in [0.1, 0.15) is 42.2 Å². The average molecular weight is 246 g/mol. The van der Waals surface area contributed by atoms with Crippen LogP contribution in [0.3, 0.4) is 0 Å². The van der Waals surface area contributed by atoms with Gasteiger partial charge >= 0.3 is 0 Å². The third kappa shape index (κ3) is 2.12. The zero-order valence-corrected chi connectivity index (χ0v) is 11.2. The lowest BCUT2D eigenvalue weighted by atomic mass is 9.96.